The standard InChI is InChI=1S/C10H11N3O5S/c11-6-7-9(2-1-4-12-7)19(17,18)13-5-3-8(14)10(15)16/h1-2,4,8,13-14H,3,5H2,(H,15,16)/t8-/m0/s1. The Balaban J connectivity index is 2.77. The van der Waals surface area contributed by atoms with Gasteiger partial charge in [0, 0.05) is 12.7 Å². The lowest BCUT2D eigenvalue weighted by atomic mass is 10.3. The molecular formula is C10H11N3O5S. The van der Waals surface area contributed by atoms with Crippen LogP contribution in [0.4, 0.5) is 0 Å². The number of aliphatic hydroxyl groups is 1. The van der Waals surface area contributed by atoms with Gasteiger partial charge in [0.25, 0.3) is 0 Å². The number of aromatic nitrogens is 1. The molecule has 0 saturated carbocycles. The van der Waals surface area contributed by atoms with E-state index in [2.05, 4.69) is 9.71 Å². The molecule has 0 amide bonds. The molecule has 0 aromatic carbocycles. The highest BCUT2D eigenvalue weighted by Gasteiger charge is 2.20. The van der Waals surface area contributed by atoms with Crippen LogP contribution in [0.1, 0.15) is 12.1 Å². The fourth-order valence-electron chi connectivity index (χ4n) is 1.22. The predicted molar refractivity (Wildman–Crippen MR) is 62.4 cm³/mol. The van der Waals surface area contributed by atoms with Crippen molar-refractivity contribution in [2.45, 2.75) is 17.4 Å². The van der Waals surface area contributed by atoms with Crippen LogP contribution in [-0.4, -0.2) is 42.2 Å². The van der Waals surface area contributed by atoms with E-state index in [1.54, 1.807) is 6.07 Å². The van der Waals surface area contributed by atoms with Crippen LogP contribution in [0.25, 0.3) is 0 Å². The zero-order valence-corrected chi connectivity index (χ0v) is 10.5. The third kappa shape index (κ3) is 3.99. The minimum absolute atomic E-state index is 0.256. The molecule has 1 rings (SSSR count). The third-order valence-electron chi connectivity index (χ3n) is 2.16. The van der Waals surface area contributed by atoms with Crippen LogP contribution in [0.5, 0.6) is 0 Å². The monoisotopic (exact) mass is 285 g/mol. The fraction of sp³-hybridized carbons (Fsp3) is 0.300. The molecule has 0 aliphatic rings. The van der Waals surface area contributed by atoms with Crippen molar-refractivity contribution < 1.29 is 23.4 Å². The van der Waals surface area contributed by atoms with E-state index in [4.69, 9.17) is 15.5 Å². The molecule has 0 spiro atoms. The Hall–Kier alpha value is -2.02. The van der Waals surface area contributed by atoms with Crippen molar-refractivity contribution in [2.24, 2.45) is 0 Å². The van der Waals surface area contributed by atoms with Crippen LogP contribution in [0, 0.1) is 11.3 Å². The highest BCUT2D eigenvalue weighted by Crippen LogP contribution is 2.11. The van der Waals surface area contributed by atoms with E-state index in [0.29, 0.717) is 0 Å². The maximum Gasteiger partial charge on any atom is 0.332 e. The van der Waals surface area contributed by atoms with Crippen molar-refractivity contribution >= 4 is 16.0 Å². The van der Waals surface area contributed by atoms with E-state index in [9.17, 15) is 13.2 Å². The van der Waals surface area contributed by atoms with Gasteiger partial charge in [0.05, 0.1) is 0 Å². The van der Waals surface area contributed by atoms with Crippen molar-refractivity contribution in [1.29, 1.82) is 5.26 Å². The molecule has 0 aliphatic carbocycles. The minimum atomic E-state index is -3.96. The topological polar surface area (TPSA) is 140 Å². The first kappa shape index (κ1) is 15.0. The molecule has 0 aliphatic heterocycles. The number of nitrogens with one attached hydrogen (secondary N) is 1. The van der Waals surface area contributed by atoms with Gasteiger partial charge >= 0.3 is 5.97 Å². The summed E-state index contributed by atoms with van der Waals surface area (Å²) in [4.78, 5) is 13.7. The van der Waals surface area contributed by atoms with Gasteiger partial charge in [0.2, 0.25) is 10.0 Å². The summed E-state index contributed by atoms with van der Waals surface area (Å²) >= 11 is 0. The van der Waals surface area contributed by atoms with Gasteiger partial charge < -0.3 is 10.2 Å². The van der Waals surface area contributed by atoms with Gasteiger partial charge in [-0.25, -0.2) is 22.9 Å². The number of hydrogen-bond donors (Lipinski definition) is 3. The molecule has 1 aromatic rings. The highest BCUT2D eigenvalue weighted by molar-refractivity contribution is 7.89. The summed E-state index contributed by atoms with van der Waals surface area (Å²) in [5.74, 6) is -1.43. The molecule has 9 heteroatoms. The fourth-order valence-corrected chi connectivity index (χ4v) is 2.38. The molecule has 0 saturated heterocycles. The van der Waals surface area contributed by atoms with E-state index >= 15 is 0 Å². The molecule has 1 aromatic heterocycles. The van der Waals surface area contributed by atoms with E-state index in [1.165, 1.54) is 18.3 Å². The molecule has 3 N–H and O–H groups in total. The molecule has 0 bridgehead atoms. The number of hydrogen-bond acceptors (Lipinski definition) is 6. The maximum atomic E-state index is 11.8. The molecule has 1 atom stereocenters. The number of aliphatic hydroxyl groups excluding tert-OH is 1. The molecule has 0 fully saturated rings. The van der Waals surface area contributed by atoms with Crippen LogP contribution in [0.15, 0.2) is 23.2 Å². The first-order valence-electron chi connectivity index (χ1n) is 5.14. The number of aliphatic carboxylic acids is 1. The maximum absolute atomic E-state index is 11.8. The molecule has 1 heterocycles. The van der Waals surface area contributed by atoms with Crippen molar-refractivity contribution in [1.82, 2.24) is 9.71 Å². The summed E-state index contributed by atoms with van der Waals surface area (Å²) in [5, 5.41) is 26.2. The first-order valence-corrected chi connectivity index (χ1v) is 6.62. The summed E-state index contributed by atoms with van der Waals surface area (Å²) in [6.45, 7) is -0.268. The summed E-state index contributed by atoms with van der Waals surface area (Å²) in [5.41, 5.74) is -0.256. The van der Waals surface area contributed by atoms with Gasteiger partial charge in [-0.2, -0.15) is 5.26 Å². The number of carboxylic acid groups (broad SMARTS) is 1. The smallest absolute Gasteiger partial charge is 0.332 e. The van der Waals surface area contributed by atoms with E-state index in [-0.39, 0.29) is 23.6 Å². The molecule has 19 heavy (non-hydrogen) atoms. The van der Waals surface area contributed by atoms with E-state index in [1.807, 2.05) is 0 Å². The van der Waals surface area contributed by atoms with Gasteiger partial charge in [0.1, 0.15) is 11.0 Å². The van der Waals surface area contributed by atoms with Crippen LogP contribution in [0.3, 0.4) is 0 Å². The second-order valence-electron chi connectivity index (χ2n) is 3.50. The lowest BCUT2D eigenvalue weighted by molar-refractivity contribution is -0.146. The number of rotatable bonds is 6. The number of nitrogens with zero attached hydrogens (tertiary/aromatic N) is 2. The van der Waals surface area contributed by atoms with Crippen molar-refractivity contribution in [2.75, 3.05) is 6.54 Å². The number of pyridine rings is 1. The molecule has 8 nitrogen and oxygen atoms in total. The van der Waals surface area contributed by atoms with Crippen LogP contribution >= 0.6 is 0 Å². The SMILES string of the molecule is N#Cc1ncccc1S(=O)(=O)NCC[C@H](O)C(=O)O. The summed E-state index contributed by atoms with van der Waals surface area (Å²) < 4.78 is 25.8. The average Bonchev–Trinajstić information content (AvgIpc) is 2.38. The van der Waals surface area contributed by atoms with Gasteiger partial charge in [-0.15, -0.1) is 0 Å². The Morgan fingerprint density at radius 2 is 2.26 bits per heavy atom. The van der Waals surface area contributed by atoms with Gasteiger partial charge in [-0.1, -0.05) is 0 Å². The molecule has 0 unspecified atom stereocenters. The molecule has 102 valence electrons. The lowest BCUT2D eigenvalue weighted by Crippen LogP contribution is -2.30. The van der Waals surface area contributed by atoms with Gasteiger partial charge in [-0.05, 0) is 18.6 Å². The van der Waals surface area contributed by atoms with Crippen LogP contribution < -0.4 is 4.72 Å². The van der Waals surface area contributed by atoms with Crippen molar-refractivity contribution in [3.8, 4) is 6.07 Å². The highest BCUT2D eigenvalue weighted by atomic mass is 32.2. The second kappa shape index (κ2) is 6.24. The lowest BCUT2D eigenvalue weighted by Gasteiger charge is -2.08. The predicted octanol–water partition coefficient (Wildman–Crippen LogP) is -0.933. The van der Waals surface area contributed by atoms with Crippen LogP contribution in [0.2, 0.25) is 0 Å². The number of carbonyl (C=O) groups is 1. The Morgan fingerprint density at radius 3 is 2.84 bits per heavy atom. The third-order valence-corrected chi connectivity index (χ3v) is 3.65. The normalized spacial score (nSPS) is 12.6. The Kier molecular flexibility index (Phi) is 4.94. The first-order chi connectivity index (χ1) is 8.88. The van der Waals surface area contributed by atoms with Crippen molar-refractivity contribution in [3.05, 3.63) is 24.0 Å². The zero-order valence-electron chi connectivity index (χ0n) is 9.65. The number of sulfonamides is 1. The Labute approximate surface area is 109 Å². The number of nitriles is 1. The number of carboxylic acids is 1. The minimum Gasteiger partial charge on any atom is -0.479 e. The van der Waals surface area contributed by atoms with E-state index < -0.39 is 22.1 Å². The summed E-state index contributed by atoms with van der Waals surface area (Å²) in [7, 11) is -3.96. The Bertz CT molecular complexity index is 608. The van der Waals surface area contributed by atoms with Crippen LogP contribution in [-0.2, 0) is 14.8 Å². The quantitative estimate of drug-likeness (QED) is 0.613. The van der Waals surface area contributed by atoms with Gasteiger partial charge in [0.15, 0.2) is 11.8 Å². The largest absolute Gasteiger partial charge is 0.479 e. The van der Waals surface area contributed by atoms with Gasteiger partial charge in [-0.3, -0.25) is 0 Å². The summed E-state index contributed by atoms with van der Waals surface area (Å²) in [6.07, 6.45) is -0.644. The Morgan fingerprint density at radius 1 is 1.58 bits per heavy atom. The molecule has 0 radical (unpaired) electrons. The van der Waals surface area contributed by atoms with E-state index in [0.717, 1.165) is 0 Å². The average molecular weight is 285 g/mol. The molecular weight excluding hydrogens is 274 g/mol. The van der Waals surface area contributed by atoms with Crippen molar-refractivity contribution in [3.63, 3.8) is 0 Å². The zero-order chi connectivity index (χ0) is 14.5. The summed E-state index contributed by atoms with van der Waals surface area (Å²) in [6, 6.07) is 4.22. The second-order valence-corrected chi connectivity index (χ2v) is 5.24.